The van der Waals surface area contributed by atoms with E-state index >= 15 is 0 Å². The molecule has 0 spiro atoms. The molecule has 5 nitrogen and oxygen atoms in total. The Balaban J connectivity index is 1.90. The maximum atomic E-state index is 12.3. The molecule has 2 N–H and O–H groups in total. The van der Waals surface area contributed by atoms with Crippen molar-refractivity contribution in [3.8, 4) is 0 Å². The van der Waals surface area contributed by atoms with Crippen molar-refractivity contribution in [1.29, 1.82) is 0 Å². The number of carbonyl (C=O) groups excluding carboxylic acids is 2. The number of nitrogens with one attached hydrogen (secondary N) is 1. The highest BCUT2D eigenvalue weighted by Gasteiger charge is 2.34. The van der Waals surface area contributed by atoms with Gasteiger partial charge in [0.15, 0.2) is 0 Å². The molecule has 2 amide bonds. The fourth-order valence-corrected chi connectivity index (χ4v) is 2.57. The number of amides is 2. The van der Waals surface area contributed by atoms with Gasteiger partial charge < -0.3 is 15.3 Å². The molecule has 0 aromatic heterocycles. The molecule has 1 heterocycles. The normalized spacial score (nSPS) is 20.8. The van der Waals surface area contributed by atoms with E-state index in [0.29, 0.717) is 25.9 Å². The number of benzene rings is 1. The number of hydrogen-bond donors (Lipinski definition) is 2. The average molecular weight is 304 g/mol. The predicted molar refractivity (Wildman–Crippen MR) is 83.9 cm³/mol. The van der Waals surface area contributed by atoms with Gasteiger partial charge >= 0.3 is 0 Å². The molecule has 1 aromatic carbocycles. The predicted octanol–water partition coefficient (Wildman–Crippen LogP) is 1.31. The first-order valence-corrected chi connectivity index (χ1v) is 7.84. The van der Waals surface area contributed by atoms with Crippen LogP contribution in [0.25, 0.3) is 0 Å². The Morgan fingerprint density at radius 3 is 2.73 bits per heavy atom. The van der Waals surface area contributed by atoms with Crippen LogP contribution in [0.5, 0.6) is 0 Å². The highest BCUT2D eigenvalue weighted by molar-refractivity contribution is 5.90. The second kappa shape index (κ2) is 7.40. The molecule has 0 aliphatic carbocycles. The van der Waals surface area contributed by atoms with Crippen molar-refractivity contribution >= 4 is 11.8 Å². The SMILES string of the molecule is CCC(C)C(O)C(=O)NC1CCN(Cc2ccccc2)C1=O. The molecule has 3 unspecified atom stereocenters. The van der Waals surface area contributed by atoms with E-state index in [1.54, 1.807) is 4.90 Å². The summed E-state index contributed by atoms with van der Waals surface area (Å²) >= 11 is 0. The Labute approximate surface area is 131 Å². The molecule has 0 radical (unpaired) electrons. The lowest BCUT2D eigenvalue weighted by Crippen LogP contribution is -2.47. The van der Waals surface area contributed by atoms with Gasteiger partial charge in [-0.1, -0.05) is 50.6 Å². The maximum Gasteiger partial charge on any atom is 0.249 e. The Hall–Kier alpha value is -1.88. The Kier molecular flexibility index (Phi) is 5.55. The van der Waals surface area contributed by atoms with Crippen LogP contribution < -0.4 is 5.32 Å². The van der Waals surface area contributed by atoms with Crippen molar-refractivity contribution in [1.82, 2.24) is 10.2 Å². The first-order valence-electron chi connectivity index (χ1n) is 7.84. The number of rotatable bonds is 6. The van der Waals surface area contributed by atoms with Crippen LogP contribution in [0.3, 0.4) is 0 Å². The summed E-state index contributed by atoms with van der Waals surface area (Å²) in [4.78, 5) is 26.1. The highest BCUT2D eigenvalue weighted by Crippen LogP contribution is 2.16. The molecule has 0 saturated carbocycles. The van der Waals surface area contributed by atoms with Crippen LogP contribution in [0.2, 0.25) is 0 Å². The molecule has 120 valence electrons. The first kappa shape index (κ1) is 16.5. The molecule has 1 aromatic rings. The van der Waals surface area contributed by atoms with Crippen LogP contribution in [0.15, 0.2) is 30.3 Å². The second-order valence-electron chi connectivity index (χ2n) is 5.93. The zero-order chi connectivity index (χ0) is 16.1. The molecule has 1 fully saturated rings. The van der Waals surface area contributed by atoms with Gasteiger partial charge in [-0.3, -0.25) is 9.59 Å². The van der Waals surface area contributed by atoms with Gasteiger partial charge in [-0.2, -0.15) is 0 Å². The Bertz CT molecular complexity index is 518. The van der Waals surface area contributed by atoms with Crippen molar-refractivity contribution in [2.75, 3.05) is 6.54 Å². The lowest BCUT2D eigenvalue weighted by molar-refractivity contribution is -0.137. The van der Waals surface area contributed by atoms with E-state index < -0.39 is 18.1 Å². The lowest BCUT2D eigenvalue weighted by atomic mass is 10.0. The fourth-order valence-electron chi connectivity index (χ4n) is 2.57. The average Bonchev–Trinajstić information content (AvgIpc) is 2.87. The number of nitrogens with zero attached hydrogens (tertiary/aromatic N) is 1. The zero-order valence-corrected chi connectivity index (χ0v) is 13.2. The topological polar surface area (TPSA) is 69.6 Å². The van der Waals surface area contributed by atoms with Crippen LogP contribution in [-0.2, 0) is 16.1 Å². The van der Waals surface area contributed by atoms with E-state index in [4.69, 9.17) is 0 Å². The second-order valence-corrected chi connectivity index (χ2v) is 5.93. The summed E-state index contributed by atoms with van der Waals surface area (Å²) in [6, 6.07) is 9.26. The van der Waals surface area contributed by atoms with Crippen LogP contribution in [0, 0.1) is 5.92 Å². The van der Waals surface area contributed by atoms with Crippen LogP contribution in [0.1, 0.15) is 32.3 Å². The fraction of sp³-hybridized carbons (Fsp3) is 0.529. The van der Waals surface area contributed by atoms with Gasteiger partial charge in [0.25, 0.3) is 0 Å². The summed E-state index contributed by atoms with van der Waals surface area (Å²) < 4.78 is 0. The number of carbonyl (C=O) groups is 2. The summed E-state index contributed by atoms with van der Waals surface area (Å²) in [6.45, 7) is 4.92. The van der Waals surface area contributed by atoms with E-state index in [2.05, 4.69) is 5.32 Å². The van der Waals surface area contributed by atoms with E-state index in [1.807, 2.05) is 44.2 Å². The van der Waals surface area contributed by atoms with E-state index in [1.165, 1.54) is 0 Å². The van der Waals surface area contributed by atoms with Gasteiger partial charge in [0.05, 0.1) is 0 Å². The van der Waals surface area contributed by atoms with E-state index in [9.17, 15) is 14.7 Å². The van der Waals surface area contributed by atoms with Gasteiger partial charge in [-0.15, -0.1) is 0 Å². The highest BCUT2D eigenvalue weighted by atomic mass is 16.3. The van der Waals surface area contributed by atoms with Crippen LogP contribution in [-0.4, -0.2) is 40.5 Å². The summed E-state index contributed by atoms with van der Waals surface area (Å²) in [5.74, 6) is -0.639. The summed E-state index contributed by atoms with van der Waals surface area (Å²) in [5.41, 5.74) is 1.07. The molecule has 2 rings (SSSR count). The number of hydrogen-bond acceptors (Lipinski definition) is 3. The third kappa shape index (κ3) is 3.85. The standard InChI is InChI=1S/C17H24N2O3/c1-3-12(2)15(20)16(21)18-14-9-10-19(17(14)22)11-13-7-5-4-6-8-13/h4-8,12,14-15,20H,3,9-11H2,1-2H3,(H,18,21). The lowest BCUT2D eigenvalue weighted by Gasteiger charge is -2.20. The van der Waals surface area contributed by atoms with E-state index in [-0.39, 0.29) is 11.8 Å². The molecule has 5 heteroatoms. The van der Waals surface area contributed by atoms with Gasteiger partial charge in [0.2, 0.25) is 11.8 Å². The maximum absolute atomic E-state index is 12.3. The van der Waals surface area contributed by atoms with Crippen LogP contribution in [0.4, 0.5) is 0 Å². The minimum Gasteiger partial charge on any atom is -0.383 e. The van der Waals surface area contributed by atoms with Crippen molar-refractivity contribution in [3.05, 3.63) is 35.9 Å². The van der Waals surface area contributed by atoms with Gasteiger partial charge in [0.1, 0.15) is 12.1 Å². The molecule has 22 heavy (non-hydrogen) atoms. The van der Waals surface area contributed by atoms with Gasteiger partial charge in [-0.05, 0) is 17.9 Å². The van der Waals surface area contributed by atoms with Crippen LogP contribution >= 0.6 is 0 Å². The number of aliphatic hydroxyl groups excluding tert-OH is 1. The number of aliphatic hydroxyl groups is 1. The van der Waals surface area contributed by atoms with Crippen molar-refractivity contribution in [2.24, 2.45) is 5.92 Å². The number of likely N-dealkylation sites (tertiary alicyclic amines) is 1. The quantitative estimate of drug-likeness (QED) is 0.832. The molecule has 0 bridgehead atoms. The Morgan fingerprint density at radius 2 is 2.09 bits per heavy atom. The zero-order valence-electron chi connectivity index (χ0n) is 13.2. The first-order chi connectivity index (χ1) is 10.5. The van der Waals surface area contributed by atoms with Gasteiger partial charge in [0, 0.05) is 13.1 Å². The molecule has 3 atom stereocenters. The molecular weight excluding hydrogens is 280 g/mol. The molecule has 1 aliphatic heterocycles. The van der Waals surface area contributed by atoms with Crippen molar-refractivity contribution in [3.63, 3.8) is 0 Å². The summed E-state index contributed by atoms with van der Waals surface area (Å²) in [7, 11) is 0. The van der Waals surface area contributed by atoms with E-state index in [0.717, 1.165) is 5.56 Å². The Morgan fingerprint density at radius 1 is 1.41 bits per heavy atom. The van der Waals surface area contributed by atoms with Crippen molar-refractivity contribution in [2.45, 2.75) is 45.4 Å². The third-order valence-electron chi connectivity index (χ3n) is 4.28. The van der Waals surface area contributed by atoms with Crippen molar-refractivity contribution < 1.29 is 14.7 Å². The minimum absolute atomic E-state index is 0.0754. The molecule has 1 aliphatic rings. The largest absolute Gasteiger partial charge is 0.383 e. The summed E-state index contributed by atoms with van der Waals surface area (Å²) in [5, 5.41) is 12.6. The monoisotopic (exact) mass is 304 g/mol. The minimum atomic E-state index is -1.05. The van der Waals surface area contributed by atoms with Gasteiger partial charge in [-0.25, -0.2) is 0 Å². The third-order valence-corrected chi connectivity index (χ3v) is 4.28. The molecular formula is C17H24N2O3. The summed E-state index contributed by atoms with van der Waals surface area (Å²) in [6.07, 6.45) is 0.249. The molecule has 1 saturated heterocycles. The smallest absolute Gasteiger partial charge is 0.249 e.